The topological polar surface area (TPSA) is 195 Å². The van der Waals surface area contributed by atoms with Crippen LogP contribution in [-0.4, -0.2) is 123 Å². The summed E-state index contributed by atoms with van der Waals surface area (Å²) in [7, 11) is 2.19. The SMILES string of the molecule is C=CC(=O)Nc1ccc(Cc2ccc(C(N)=O)c3c2C2=C(C3)CC(CN(C)CCCCCC(=O)CCCC(=O)CCCCOCCOCCOCCCCC(=O)CCCC[C@@H]3SC[C@@H]4NC(=O)N[C@@H]43)CC2)cc1C. The molecule has 74 heavy (non-hydrogen) atoms. The molecule has 2 heterocycles. The van der Waals surface area contributed by atoms with Crippen LogP contribution < -0.4 is 21.7 Å². The number of unbranched alkanes of at least 4 members (excludes halogenated alkanes) is 5. The predicted molar refractivity (Wildman–Crippen MR) is 295 cm³/mol. The summed E-state index contributed by atoms with van der Waals surface area (Å²) in [6.07, 6.45) is 19.0. The fourth-order valence-corrected chi connectivity index (χ4v) is 12.7. The number of fused-ring (bicyclic) bond motifs is 3. The molecule has 2 aliphatic heterocycles. The van der Waals surface area contributed by atoms with Crippen LogP contribution in [0.2, 0.25) is 0 Å². The number of carbonyl (C=O) groups excluding carboxylic acids is 6. The fraction of sp³-hybridized carbons (Fsp3) is 0.627. The van der Waals surface area contributed by atoms with Crippen LogP contribution in [0.15, 0.2) is 48.6 Å². The summed E-state index contributed by atoms with van der Waals surface area (Å²) in [5, 5.41) is 9.32. The summed E-state index contributed by atoms with van der Waals surface area (Å²) in [5.41, 5.74) is 15.7. The van der Waals surface area contributed by atoms with Gasteiger partial charge in [0.2, 0.25) is 11.8 Å². The van der Waals surface area contributed by atoms with Crippen molar-refractivity contribution < 1.29 is 43.0 Å². The molecular weight excluding hydrogens is 955 g/mol. The lowest BCUT2D eigenvalue weighted by molar-refractivity contribution is -0.121. The highest BCUT2D eigenvalue weighted by Crippen LogP contribution is 2.46. The van der Waals surface area contributed by atoms with Crippen LogP contribution in [0, 0.1) is 12.8 Å². The van der Waals surface area contributed by atoms with Gasteiger partial charge in [-0.2, -0.15) is 11.8 Å². The molecule has 4 atom stereocenters. The molecule has 0 aromatic heterocycles. The summed E-state index contributed by atoms with van der Waals surface area (Å²) in [5.74, 6) is 1.69. The van der Waals surface area contributed by atoms with Crippen molar-refractivity contribution in [3.05, 3.63) is 81.9 Å². The molecule has 0 saturated carbocycles. The number of rotatable bonds is 38. The molecule has 1 unspecified atom stereocenters. The molecule has 4 aliphatic rings. The molecule has 0 spiro atoms. The van der Waals surface area contributed by atoms with Gasteiger partial charge in [0.25, 0.3) is 0 Å². The first-order valence-corrected chi connectivity index (χ1v) is 28.8. The molecule has 406 valence electrons. The maximum atomic E-state index is 12.6. The van der Waals surface area contributed by atoms with E-state index >= 15 is 0 Å². The number of urea groups is 1. The third-order valence-corrected chi connectivity index (χ3v) is 16.6. The van der Waals surface area contributed by atoms with E-state index in [9.17, 15) is 28.8 Å². The maximum Gasteiger partial charge on any atom is 0.315 e. The van der Waals surface area contributed by atoms with Crippen LogP contribution >= 0.6 is 11.8 Å². The van der Waals surface area contributed by atoms with Crippen molar-refractivity contribution in [2.24, 2.45) is 11.7 Å². The van der Waals surface area contributed by atoms with Gasteiger partial charge < -0.3 is 40.8 Å². The smallest absolute Gasteiger partial charge is 0.315 e. The van der Waals surface area contributed by atoms with E-state index in [2.05, 4.69) is 46.6 Å². The minimum Gasteiger partial charge on any atom is -0.379 e. The van der Waals surface area contributed by atoms with Gasteiger partial charge in [-0.15, -0.1) is 0 Å². The van der Waals surface area contributed by atoms with Gasteiger partial charge in [0.05, 0.1) is 38.5 Å². The molecule has 2 fully saturated rings. The zero-order valence-electron chi connectivity index (χ0n) is 44.5. The molecular formula is C59H85N5O9S. The highest BCUT2D eigenvalue weighted by Gasteiger charge is 2.42. The largest absolute Gasteiger partial charge is 0.379 e. The van der Waals surface area contributed by atoms with Crippen molar-refractivity contribution in [3.63, 3.8) is 0 Å². The Balaban J connectivity index is 0.707. The molecule has 2 aromatic carbocycles. The number of nitrogens with one attached hydrogen (secondary N) is 3. The van der Waals surface area contributed by atoms with E-state index in [1.807, 2.05) is 36.9 Å². The van der Waals surface area contributed by atoms with Gasteiger partial charge in [-0.05, 0) is 168 Å². The number of allylic oxidation sites excluding steroid dienone is 2. The first kappa shape index (κ1) is 58.6. The Hall–Kier alpha value is -4.67. The lowest BCUT2D eigenvalue weighted by Crippen LogP contribution is -2.36. The van der Waals surface area contributed by atoms with Crippen LogP contribution in [0.25, 0.3) is 5.57 Å². The zero-order valence-corrected chi connectivity index (χ0v) is 45.3. The van der Waals surface area contributed by atoms with Gasteiger partial charge >= 0.3 is 6.03 Å². The number of Topliss-reactive ketones (excluding diaryl/α,β-unsaturated/α-hetero) is 3. The number of nitrogens with two attached hydrogens (primary N) is 1. The van der Waals surface area contributed by atoms with Crippen LogP contribution in [-0.2, 0) is 46.2 Å². The second kappa shape index (κ2) is 31.4. The number of ether oxygens (including phenoxy) is 3. The number of hydrogen-bond acceptors (Lipinski definition) is 11. The summed E-state index contributed by atoms with van der Waals surface area (Å²) < 4.78 is 16.9. The molecule has 15 heteroatoms. The number of aryl methyl sites for hydroxylation is 1. The predicted octanol–water partition coefficient (Wildman–Crippen LogP) is 9.41. The van der Waals surface area contributed by atoms with Gasteiger partial charge in [-0.1, -0.05) is 43.2 Å². The van der Waals surface area contributed by atoms with Crippen LogP contribution in [0.5, 0.6) is 0 Å². The average molecular weight is 1040 g/mol. The average Bonchev–Trinajstić information content (AvgIpc) is 4.06. The molecule has 14 nitrogen and oxygen atoms in total. The maximum absolute atomic E-state index is 12.6. The molecule has 5 N–H and O–H groups in total. The van der Waals surface area contributed by atoms with Crippen molar-refractivity contribution in [3.8, 4) is 0 Å². The number of nitrogens with zero attached hydrogens (tertiary/aromatic N) is 1. The Labute approximate surface area is 444 Å². The van der Waals surface area contributed by atoms with E-state index in [0.717, 1.165) is 138 Å². The second-order valence-corrected chi connectivity index (χ2v) is 22.3. The van der Waals surface area contributed by atoms with E-state index in [1.54, 1.807) is 0 Å². The van der Waals surface area contributed by atoms with Gasteiger partial charge in [0.1, 0.15) is 17.3 Å². The molecule has 4 amide bonds. The van der Waals surface area contributed by atoms with E-state index in [4.69, 9.17) is 19.9 Å². The van der Waals surface area contributed by atoms with Gasteiger partial charge in [-0.25, -0.2) is 4.79 Å². The number of primary amides is 1. The molecule has 6 rings (SSSR count). The fourth-order valence-electron chi connectivity index (χ4n) is 11.1. The number of benzene rings is 2. The van der Waals surface area contributed by atoms with Crippen molar-refractivity contribution in [1.82, 2.24) is 15.5 Å². The quantitative estimate of drug-likeness (QED) is 0.0284. The van der Waals surface area contributed by atoms with Crippen molar-refractivity contribution in [2.75, 3.05) is 70.8 Å². The van der Waals surface area contributed by atoms with Gasteiger partial charge in [-0.3, -0.25) is 24.0 Å². The Morgan fingerprint density at radius 3 is 2.08 bits per heavy atom. The Bertz CT molecular complexity index is 2270. The third-order valence-electron chi connectivity index (χ3n) is 15.1. The van der Waals surface area contributed by atoms with E-state index < -0.39 is 0 Å². The minimum atomic E-state index is -0.381. The Morgan fingerprint density at radius 2 is 1.43 bits per heavy atom. The molecule has 2 saturated heterocycles. The third kappa shape index (κ3) is 19.2. The number of hydrogen-bond donors (Lipinski definition) is 4. The number of ketones is 3. The van der Waals surface area contributed by atoms with Crippen molar-refractivity contribution >= 4 is 58.2 Å². The monoisotopic (exact) mass is 1040 g/mol. The molecule has 2 aliphatic carbocycles. The van der Waals surface area contributed by atoms with E-state index in [1.165, 1.54) is 28.3 Å². The van der Waals surface area contributed by atoms with Gasteiger partial charge in [0.15, 0.2) is 0 Å². The normalized spacial score (nSPS) is 18.7. The highest BCUT2D eigenvalue weighted by atomic mass is 32.2. The van der Waals surface area contributed by atoms with Crippen LogP contribution in [0.1, 0.15) is 167 Å². The van der Waals surface area contributed by atoms with E-state index in [0.29, 0.717) is 107 Å². The van der Waals surface area contributed by atoms with E-state index in [-0.39, 0.29) is 41.5 Å². The van der Waals surface area contributed by atoms with Crippen molar-refractivity contribution in [1.29, 1.82) is 0 Å². The van der Waals surface area contributed by atoms with Crippen molar-refractivity contribution in [2.45, 2.75) is 166 Å². The Morgan fingerprint density at radius 1 is 0.797 bits per heavy atom. The minimum absolute atomic E-state index is 0.0521. The lowest BCUT2D eigenvalue weighted by Gasteiger charge is -2.29. The van der Waals surface area contributed by atoms with Crippen LogP contribution in [0.3, 0.4) is 0 Å². The van der Waals surface area contributed by atoms with Gasteiger partial charge in [0, 0.05) is 80.5 Å². The molecule has 2 aromatic rings. The highest BCUT2D eigenvalue weighted by molar-refractivity contribution is 8.00. The molecule has 0 bridgehead atoms. The molecule has 0 radical (unpaired) electrons. The number of carbonyl (C=O) groups is 6. The number of thioether (sulfide) groups is 1. The summed E-state index contributed by atoms with van der Waals surface area (Å²) in [6.45, 7) is 10.8. The Kier molecular flexibility index (Phi) is 24.9. The van der Waals surface area contributed by atoms with Crippen LogP contribution in [0.4, 0.5) is 10.5 Å². The zero-order chi connectivity index (χ0) is 52.7. The number of anilines is 1. The first-order valence-electron chi connectivity index (χ1n) is 27.7. The second-order valence-electron chi connectivity index (χ2n) is 21.0. The lowest BCUT2D eigenvalue weighted by atomic mass is 9.82. The summed E-state index contributed by atoms with van der Waals surface area (Å²) in [6, 6.07) is 10.5. The standard InChI is InChI=1S/C59H85N5O9S/c1-4-55(68)61-52-27-23-42(35-41(52)2)36-44-24-26-50(58(60)69)51-38-45-37-43(22-25-49(45)56(44)51)39-64(3)28-11-5-6-15-47(66)19-14-20-48(67)18-10-13-30-72-32-34-73-33-31-71-29-12-9-17-46(65)16-7-8-21-54-57-53(40-74-54)62-59(70)63-57/h4,23-24,26-27,35,43,53-54,57H,1,5-22,25,28-34,36-40H2,2-3H3,(H2,60,69)(H,61,68)(H2,62,63,70)/t43?,53-,54-,57-/m0/s1. The summed E-state index contributed by atoms with van der Waals surface area (Å²) in [4.78, 5) is 75.7. The summed E-state index contributed by atoms with van der Waals surface area (Å²) >= 11 is 1.92. The first-order chi connectivity index (χ1) is 35.9. The number of amides is 4.